The third-order valence-electron chi connectivity index (χ3n) is 2.38. The maximum atomic E-state index is 11.4. The number of nitrogens with two attached hydrogens (primary N) is 1. The van der Waals surface area contributed by atoms with E-state index >= 15 is 0 Å². The predicted molar refractivity (Wildman–Crippen MR) is 54.0 cm³/mol. The molecule has 2 amide bonds. The Kier molecular flexibility index (Phi) is 4.69. The summed E-state index contributed by atoms with van der Waals surface area (Å²) in [5.74, 6) is 0. The molecule has 0 saturated carbocycles. The van der Waals surface area contributed by atoms with Crippen LogP contribution in [0.3, 0.4) is 0 Å². The van der Waals surface area contributed by atoms with Crippen LogP contribution in [0.25, 0.3) is 0 Å². The minimum absolute atomic E-state index is 0.0670. The first-order valence-corrected chi connectivity index (χ1v) is 5.11. The summed E-state index contributed by atoms with van der Waals surface area (Å²) in [6.07, 6.45) is 1.75. The molecule has 0 aromatic carbocycles. The third kappa shape index (κ3) is 3.51. The third-order valence-corrected chi connectivity index (χ3v) is 2.38. The number of amides is 2. The second-order valence-corrected chi connectivity index (χ2v) is 3.52. The van der Waals surface area contributed by atoms with Crippen LogP contribution in [-0.2, 0) is 4.74 Å². The van der Waals surface area contributed by atoms with Gasteiger partial charge in [0, 0.05) is 19.2 Å². The van der Waals surface area contributed by atoms with E-state index in [4.69, 9.17) is 10.5 Å². The van der Waals surface area contributed by atoms with E-state index in [1.807, 2.05) is 6.92 Å². The zero-order valence-electron chi connectivity index (χ0n) is 8.58. The summed E-state index contributed by atoms with van der Waals surface area (Å²) in [5.41, 5.74) is 5.47. The normalized spacial score (nSPS) is 23.1. The van der Waals surface area contributed by atoms with Crippen molar-refractivity contribution in [2.75, 3.05) is 19.8 Å². The Hall–Kier alpha value is -0.810. The summed E-state index contributed by atoms with van der Waals surface area (Å²) < 4.78 is 5.15. The fourth-order valence-corrected chi connectivity index (χ4v) is 1.39. The van der Waals surface area contributed by atoms with Crippen LogP contribution in [0.2, 0.25) is 0 Å². The molecule has 0 spiro atoms. The van der Waals surface area contributed by atoms with Gasteiger partial charge >= 0.3 is 6.03 Å². The molecule has 0 aromatic rings. The predicted octanol–water partition coefficient (Wildman–Crippen LogP) is -0.188. The van der Waals surface area contributed by atoms with Gasteiger partial charge in [0.2, 0.25) is 0 Å². The van der Waals surface area contributed by atoms with Crippen LogP contribution in [-0.4, -0.2) is 37.9 Å². The van der Waals surface area contributed by atoms with Crippen LogP contribution in [0.15, 0.2) is 0 Å². The van der Waals surface area contributed by atoms with Crippen LogP contribution < -0.4 is 16.4 Å². The fraction of sp³-hybridized carbons (Fsp3) is 0.889. The Balaban J connectivity index is 2.20. The SMILES string of the molecule is CCC(CN)NC(=O)NC1CCOC1. The standard InChI is InChI=1S/C9H19N3O2/c1-2-7(5-10)11-9(13)12-8-3-4-14-6-8/h7-8H,2-6,10H2,1H3,(H2,11,12,13). The Morgan fingerprint density at radius 2 is 2.50 bits per heavy atom. The topological polar surface area (TPSA) is 76.4 Å². The molecule has 1 aliphatic rings. The van der Waals surface area contributed by atoms with Gasteiger partial charge < -0.3 is 21.1 Å². The van der Waals surface area contributed by atoms with Gasteiger partial charge in [-0.3, -0.25) is 0 Å². The summed E-state index contributed by atoms with van der Waals surface area (Å²) in [6.45, 7) is 3.83. The smallest absolute Gasteiger partial charge is 0.315 e. The molecule has 4 N–H and O–H groups in total. The van der Waals surface area contributed by atoms with Crippen LogP contribution in [0.1, 0.15) is 19.8 Å². The molecule has 82 valence electrons. The molecule has 2 atom stereocenters. The van der Waals surface area contributed by atoms with E-state index in [-0.39, 0.29) is 18.1 Å². The molecule has 1 rings (SSSR count). The zero-order valence-corrected chi connectivity index (χ0v) is 8.58. The lowest BCUT2D eigenvalue weighted by molar-refractivity contribution is 0.188. The maximum absolute atomic E-state index is 11.4. The molecule has 5 nitrogen and oxygen atoms in total. The van der Waals surface area contributed by atoms with E-state index in [1.165, 1.54) is 0 Å². The van der Waals surface area contributed by atoms with Crippen LogP contribution >= 0.6 is 0 Å². The van der Waals surface area contributed by atoms with Crippen molar-refractivity contribution in [2.45, 2.75) is 31.8 Å². The summed E-state index contributed by atoms with van der Waals surface area (Å²) in [7, 11) is 0. The number of carbonyl (C=O) groups is 1. The zero-order chi connectivity index (χ0) is 10.4. The van der Waals surface area contributed by atoms with Crippen molar-refractivity contribution >= 4 is 6.03 Å². The largest absolute Gasteiger partial charge is 0.379 e. The van der Waals surface area contributed by atoms with Crippen molar-refractivity contribution in [2.24, 2.45) is 5.73 Å². The molecule has 14 heavy (non-hydrogen) atoms. The van der Waals surface area contributed by atoms with Gasteiger partial charge in [-0.2, -0.15) is 0 Å². The van der Waals surface area contributed by atoms with Gasteiger partial charge in [0.1, 0.15) is 0 Å². The van der Waals surface area contributed by atoms with E-state index in [9.17, 15) is 4.79 Å². The Morgan fingerprint density at radius 3 is 3.00 bits per heavy atom. The summed E-state index contributed by atoms with van der Waals surface area (Å²) in [6, 6.07) is 0.0837. The highest BCUT2D eigenvalue weighted by Gasteiger charge is 2.18. The average Bonchev–Trinajstić information content (AvgIpc) is 2.66. The van der Waals surface area contributed by atoms with Gasteiger partial charge in [0.05, 0.1) is 12.6 Å². The molecular formula is C9H19N3O2. The Labute approximate surface area is 84.4 Å². The van der Waals surface area contributed by atoms with Crippen LogP contribution in [0.5, 0.6) is 0 Å². The molecule has 0 bridgehead atoms. The minimum Gasteiger partial charge on any atom is -0.379 e. The Bertz CT molecular complexity index is 171. The fourth-order valence-electron chi connectivity index (χ4n) is 1.39. The lowest BCUT2D eigenvalue weighted by Gasteiger charge is -2.17. The van der Waals surface area contributed by atoms with Crippen molar-refractivity contribution in [3.8, 4) is 0 Å². The van der Waals surface area contributed by atoms with E-state index in [0.29, 0.717) is 13.2 Å². The van der Waals surface area contributed by atoms with Crippen LogP contribution in [0.4, 0.5) is 4.79 Å². The van der Waals surface area contributed by atoms with Crippen molar-refractivity contribution < 1.29 is 9.53 Å². The molecule has 2 unspecified atom stereocenters. The molecule has 5 heteroatoms. The van der Waals surface area contributed by atoms with Gasteiger partial charge in [-0.05, 0) is 12.8 Å². The monoisotopic (exact) mass is 201 g/mol. The van der Waals surface area contributed by atoms with Crippen molar-refractivity contribution in [1.82, 2.24) is 10.6 Å². The number of nitrogens with one attached hydrogen (secondary N) is 2. The first-order valence-electron chi connectivity index (χ1n) is 5.11. The van der Waals surface area contributed by atoms with Crippen molar-refractivity contribution in [3.63, 3.8) is 0 Å². The molecule has 1 aliphatic heterocycles. The molecule has 1 fully saturated rings. The van der Waals surface area contributed by atoms with Gasteiger partial charge in [0.25, 0.3) is 0 Å². The van der Waals surface area contributed by atoms with Gasteiger partial charge in [0.15, 0.2) is 0 Å². The number of ether oxygens (including phenoxy) is 1. The van der Waals surface area contributed by atoms with Crippen molar-refractivity contribution in [3.05, 3.63) is 0 Å². The Morgan fingerprint density at radius 1 is 1.71 bits per heavy atom. The number of hydrogen-bond acceptors (Lipinski definition) is 3. The molecule has 0 radical (unpaired) electrons. The maximum Gasteiger partial charge on any atom is 0.315 e. The highest BCUT2D eigenvalue weighted by atomic mass is 16.5. The number of hydrogen-bond donors (Lipinski definition) is 3. The lowest BCUT2D eigenvalue weighted by atomic mass is 10.2. The number of carbonyl (C=O) groups excluding carboxylic acids is 1. The first-order chi connectivity index (χ1) is 6.76. The van der Waals surface area contributed by atoms with Gasteiger partial charge in [-0.25, -0.2) is 4.79 Å². The summed E-state index contributed by atoms with van der Waals surface area (Å²) >= 11 is 0. The van der Waals surface area contributed by atoms with E-state index < -0.39 is 0 Å². The highest BCUT2D eigenvalue weighted by Crippen LogP contribution is 2.02. The van der Waals surface area contributed by atoms with E-state index in [2.05, 4.69) is 10.6 Å². The highest BCUT2D eigenvalue weighted by molar-refractivity contribution is 5.74. The first kappa shape index (κ1) is 11.3. The summed E-state index contributed by atoms with van der Waals surface area (Å²) in [4.78, 5) is 11.4. The van der Waals surface area contributed by atoms with E-state index in [1.54, 1.807) is 0 Å². The molecule has 0 aromatic heterocycles. The molecule has 1 saturated heterocycles. The van der Waals surface area contributed by atoms with Crippen LogP contribution in [0, 0.1) is 0 Å². The van der Waals surface area contributed by atoms with Gasteiger partial charge in [-0.15, -0.1) is 0 Å². The van der Waals surface area contributed by atoms with Gasteiger partial charge in [-0.1, -0.05) is 6.92 Å². The number of rotatable bonds is 4. The molecule has 1 heterocycles. The molecule has 0 aliphatic carbocycles. The second-order valence-electron chi connectivity index (χ2n) is 3.52. The summed E-state index contributed by atoms with van der Waals surface area (Å²) in [5, 5.41) is 5.66. The molecular weight excluding hydrogens is 182 g/mol. The quantitative estimate of drug-likeness (QED) is 0.590. The van der Waals surface area contributed by atoms with Crippen molar-refractivity contribution in [1.29, 1.82) is 0 Å². The average molecular weight is 201 g/mol. The van der Waals surface area contributed by atoms with E-state index in [0.717, 1.165) is 19.4 Å². The lowest BCUT2D eigenvalue weighted by Crippen LogP contribution is -2.48. The second kappa shape index (κ2) is 5.82. The number of urea groups is 1. The minimum atomic E-state index is -0.141.